The molecule has 0 fully saturated rings. The fraction of sp³-hybridized carbons (Fsp3) is 0.529. The highest BCUT2D eigenvalue weighted by atomic mass is 127. The van der Waals surface area contributed by atoms with Crippen LogP contribution in [-0.4, -0.2) is 44.8 Å². The van der Waals surface area contributed by atoms with Gasteiger partial charge in [-0.2, -0.15) is 0 Å². The van der Waals surface area contributed by atoms with Crippen LogP contribution >= 0.6 is 24.0 Å². The molecule has 2 amide bonds. The zero-order chi connectivity index (χ0) is 17.8. The summed E-state index contributed by atoms with van der Waals surface area (Å²) in [5, 5.41) is 12.0. The number of aliphatic imine (C=N–C) groups is 1. The third-order valence-corrected chi connectivity index (χ3v) is 2.99. The molecule has 0 aromatic heterocycles. The van der Waals surface area contributed by atoms with E-state index in [2.05, 4.69) is 26.3 Å². The normalized spacial score (nSPS) is 10.8. The maximum absolute atomic E-state index is 11.6. The van der Waals surface area contributed by atoms with Gasteiger partial charge in [-0.25, -0.2) is 9.79 Å². The van der Waals surface area contributed by atoms with Crippen molar-refractivity contribution >= 4 is 41.7 Å². The van der Waals surface area contributed by atoms with Gasteiger partial charge >= 0.3 is 6.03 Å². The van der Waals surface area contributed by atoms with E-state index < -0.39 is 0 Å². The van der Waals surface area contributed by atoms with Crippen molar-refractivity contribution in [2.45, 2.75) is 33.4 Å². The van der Waals surface area contributed by atoms with Crippen LogP contribution in [-0.2, 0) is 11.3 Å². The highest BCUT2D eigenvalue weighted by Gasteiger charge is 2.03. The molecular formula is C17H30IN5O2. The monoisotopic (exact) mass is 463 g/mol. The van der Waals surface area contributed by atoms with E-state index in [1.54, 1.807) is 7.11 Å². The summed E-state index contributed by atoms with van der Waals surface area (Å²) in [6.07, 6.45) is 0. The standard InChI is InChI=1S/C17H29N5O2.HI/c1-5-18-16(19-10-11-24-4)20-12-14-6-8-15(9-7-14)22-17(23)21-13(2)3;/h6-9,13H,5,10-12H2,1-4H3,(H2,18,19,20)(H2,21,22,23);1H. The highest BCUT2D eigenvalue weighted by molar-refractivity contribution is 14.0. The lowest BCUT2D eigenvalue weighted by molar-refractivity contribution is 0.203. The Labute approximate surface area is 167 Å². The molecule has 0 unspecified atom stereocenters. The smallest absolute Gasteiger partial charge is 0.319 e. The second kappa shape index (κ2) is 13.7. The zero-order valence-corrected chi connectivity index (χ0v) is 17.7. The van der Waals surface area contributed by atoms with Crippen molar-refractivity contribution in [3.63, 3.8) is 0 Å². The summed E-state index contributed by atoms with van der Waals surface area (Å²) in [6, 6.07) is 7.55. The van der Waals surface area contributed by atoms with Crippen molar-refractivity contribution in [3.8, 4) is 0 Å². The molecule has 0 aliphatic rings. The number of nitrogens with zero attached hydrogens (tertiary/aromatic N) is 1. The second-order valence-corrected chi connectivity index (χ2v) is 5.56. The number of carbonyl (C=O) groups excluding carboxylic acids is 1. The lowest BCUT2D eigenvalue weighted by Gasteiger charge is -2.11. The molecule has 1 rings (SSSR count). The van der Waals surface area contributed by atoms with E-state index in [-0.39, 0.29) is 36.0 Å². The van der Waals surface area contributed by atoms with E-state index >= 15 is 0 Å². The topological polar surface area (TPSA) is 86.8 Å². The first-order chi connectivity index (χ1) is 11.5. The van der Waals surface area contributed by atoms with Gasteiger partial charge in [-0.3, -0.25) is 0 Å². The molecule has 1 aromatic carbocycles. The molecule has 0 spiro atoms. The highest BCUT2D eigenvalue weighted by Crippen LogP contribution is 2.10. The fourth-order valence-corrected chi connectivity index (χ4v) is 1.91. The molecule has 8 heteroatoms. The molecule has 0 saturated heterocycles. The van der Waals surface area contributed by atoms with E-state index in [0.29, 0.717) is 19.7 Å². The predicted molar refractivity (Wildman–Crippen MR) is 114 cm³/mol. The minimum atomic E-state index is -0.201. The van der Waals surface area contributed by atoms with Gasteiger partial charge in [0, 0.05) is 31.9 Å². The van der Waals surface area contributed by atoms with Crippen molar-refractivity contribution in [3.05, 3.63) is 29.8 Å². The van der Waals surface area contributed by atoms with Crippen LogP contribution < -0.4 is 21.3 Å². The van der Waals surface area contributed by atoms with Gasteiger partial charge in [0.1, 0.15) is 0 Å². The van der Waals surface area contributed by atoms with Crippen molar-refractivity contribution in [1.29, 1.82) is 0 Å². The van der Waals surface area contributed by atoms with Crippen LogP contribution in [0.2, 0.25) is 0 Å². The Morgan fingerprint density at radius 3 is 2.44 bits per heavy atom. The number of urea groups is 1. The van der Waals surface area contributed by atoms with Gasteiger partial charge in [-0.15, -0.1) is 24.0 Å². The maximum atomic E-state index is 11.6. The van der Waals surface area contributed by atoms with E-state index in [4.69, 9.17) is 4.74 Å². The number of nitrogens with one attached hydrogen (secondary N) is 4. The summed E-state index contributed by atoms with van der Waals surface area (Å²) >= 11 is 0. The van der Waals surface area contributed by atoms with E-state index in [9.17, 15) is 4.79 Å². The van der Waals surface area contributed by atoms with E-state index in [1.807, 2.05) is 45.0 Å². The minimum Gasteiger partial charge on any atom is -0.383 e. The number of anilines is 1. The van der Waals surface area contributed by atoms with Crippen LogP contribution in [0.5, 0.6) is 0 Å². The Morgan fingerprint density at radius 2 is 1.88 bits per heavy atom. The molecule has 0 aliphatic carbocycles. The largest absolute Gasteiger partial charge is 0.383 e. The average Bonchev–Trinajstić information content (AvgIpc) is 2.53. The number of guanidine groups is 1. The molecule has 0 bridgehead atoms. The second-order valence-electron chi connectivity index (χ2n) is 5.56. The van der Waals surface area contributed by atoms with Gasteiger partial charge in [0.25, 0.3) is 0 Å². The molecule has 0 atom stereocenters. The number of hydrogen-bond acceptors (Lipinski definition) is 3. The van der Waals surface area contributed by atoms with Crippen molar-refractivity contribution < 1.29 is 9.53 Å². The van der Waals surface area contributed by atoms with Crippen molar-refractivity contribution in [1.82, 2.24) is 16.0 Å². The summed E-state index contributed by atoms with van der Waals surface area (Å²) in [5.41, 5.74) is 1.82. The molecule has 0 aliphatic heterocycles. The Kier molecular flexibility index (Phi) is 12.9. The number of hydrogen-bond donors (Lipinski definition) is 4. The Hall–Kier alpha value is -1.55. The lowest BCUT2D eigenvalue weighted by atomic mass is 10.2. The Bertz CT molecular complexity index is 520. The van der Waals surface area contributed by atoms with Gasteiger partial charge in [0.2, 0.25) is 0 Å². The van der Waals surface area contributed by atoms with Crippen LogP contribution in [0.3, 0.4) is 0 Å². The molecule has 0 radical (unpaired) electrons. The quantitative estimate of drug-likeness (QED) is 0.207. The van der Waals surface area contributed by atoms with Gasteiger partial charge in [0.15, 0.2) is 5.96 Å². The number of carbonyl (C=O) groups is 1. The number of rotatable bonds is 8. The number of halogens is 1. The maximum Gasteiger partial charge on any atom is 0.319 e. The third kappa shape index (κ3) is 10.8. The SMILES string of the molecule is CCNC(=NCc1ccc(NC(=O)NC(C)C)cc1)NCCOC.I. The first-order valence-corrected chi connectivity index (χ1v) is 8.22. The Balaban J connectivity index is 0.00000576. The molecule has 7 nitrogen and oxygen atoms in total. The molecule has 4 N–H and O–H groups in total. The van der Waals surface area contributed by atoms with Crippen molar-refractivity contribution in [2.24, 2.45) is 4.99 Å². The fourth-order valence-electron chi connectivity index (χ4n) is 1.91. The van der Waals surface area contributed by atoms with Gasteiger partial charge < -0.3 is 26.0 Å². The minimum absolute atomic E-state index is 0. The van der Waals surface area contributed by atoms with Gasteiger partial charge in [0.05, 0.1) is 13.2 Å². The number of methoxy groups -OCH3 is 1. The summed E-state index contributed by atoms with van der Waals surface area (Å²) in [4.78, 5) is 16.2. The molecular weight excluding hydrogens is 433 g/mol. The molecule has 142 valence electrons. The van der Waals surface area contributed by atoms with Crippen molar-refractivity contribution in [2.75, 3.05) is 32.1 Å². The summed E-state index contributed by atoms with van der Waals surface area (Å²) in [7, 11) is 1.67. The number of amides is 2. The summed E-state index contributed by atoms with van der Waals surface area (Å²) in [6.45, 7) is 8.55. The molecule has 0 saturated carbocycles. The van der Waals surface area contributed by atoms with E-state index in [1.165, 1.54) is 0 Å². The molecule has 1 aromatic rings. The predicted octanol–water partition coefficient (Wildman–Crippen LogP) is 2.54. The van der Waals surface area contributed by atoms with Crippen LogP contribution in [0.25, 0.3) is 0 Å². The Morgan fingerprint density at radius 1 is 1.20 bits per heavy atom. The van der Waals surface area contributed by atoms with Crippen LogP contribution in [0, 0.1) is 0 Å². The zero-order valence-electron chi connectivity index (χ0n) is 15.4. The summed E-state index contributed by atoms with van der Waals surface area (Å²) in [5.74, 6) is 0.757. The first kappa shape index (κ1) is 23.4. The first-order valence-electron chi connectivity index (χ1n) is 8.22. The number of benzene rings is 1. The molecule has 25 heavy (non-hydrogen) atoms. The third-order valence-electron chi connectivity index (χ3n) is 2.99. The van der Waals surface area contributed by atoms with Gasteiger partial charge in [-0.1, -0.05) is 12.1 Å². The molecule has 0 heterocycles. The number of ether oxygens (including phenoxy) is 1. The van der Waals surface area contributed by atoms with Gasteiger partial charge in [-0.05, 0) is 38.5 Å². The average molecular weight is 463 g/mol. The van der Waals surface area contributed by atoms with E-state index in [0.717, 1.165) is 23.8 Å². The van der Waals surface area contributed by atoms with Crippen LogP contribution in [0.1, 0.15) is 26.3 Å². The van der Waals surface area contributed by atoms with Crippen LogP contribution in [0.15, 0.2) is 29.3 Å². The lowest BCUT2D eigenvalue weighted by Crippen LogP contribution is -2.38. The summed E-state index contributed by atoms with van der Waals surface area (Å²) < 4.78 is 5.02. The van der Waals surface area contributed by atoms with Crippen LogP contribution in [0.4, 0.5) is 10.5 Å².